The first-order valence-corrected chi connectivity index (χ1v) is 10.6. The lowest BCUT2D eigenvalue weighted by Gasteiger charge is -2.18. The van der Waals surface area contributed by atoms with Crippen LogP contribution >= 0.6 is 11.6 Å². The molecule has 1 aliphatic heterocycles. The van der Waals surface area contributed by atoms with Gasteiger partial charge >= 0.3 is 6.18 Å². The van der Waals surface area contributed by atoms with Crippen LogP contribution < -0.4 is 0 Å². The van der Waals surface area contributed by atoms with Crippen molar-refractivity contribution in [3.05, 3.63) is 64.2 Å². The predicted octanol–water partition coefficient (Wildman–Crippen LogP) is 5.01. The average molecular weight is 445 g/mol. The minimum Gasteiger partial charge on any atom is -0.478 e. The van der Waals surface area contributed by atoms with Crippen molar-refractivity contribution in [3.63, 3.8) is 0 Å². The lowest BCUT2D eigenvalue weighted by atomic mass is 9.91. The van der Waals surface area contributed by atoms with Crippen molar-refractivity contribution in [3.8, 4) is 0 Å². The third-order valence-corrected chi connectivity index (χ3v) is 5.92. The zero-order valence-corrected chi connectivity index (χ0v) is 17.2. The number of Topliss-reactive ketones (excluding diaryl/α,β-unsaturated/α-hetero) is 1. The van der Waals surface area contributed by atoms with E-state index in [1.807, 2.05) is 0 Å². The van der Waals surface area contributed by atoms with Crippen LogP contribution in [-0.4, -0.2) is 26.1 Å². The fraction of sp³-hybridized carbons (Fsp3) is 0.250. The molecule has 0 saturated carbocycles. The topological polar surface area (TPSA) is 60.4 Å². The van der Waals surface area contributed by atoms with Crippen molar-refractivity contribution in [2.75, 3.05) is 6.26 Å². The van der Waals surface area contributed by atoms with E-state index in [9.17, 15) is 26.4 Å². The van der Waals surface area contributed by atoms with E-state index in [4.69, 9.17) is 16.3 Å². The zero-order chi connectivity index (χ0) is 21.8. The molecule has 0 N–H and O–H groups in total. The highest BCUT2D eigenvalue weighted by molar-refractivity contribution is 7.90. The van der Waals surface area contributed by atoms with Gasteiger partial charge in [-0.05, 0) is 55.8 Å². The molecule has 3 rings (SSSR count). The van der Waals surface area contributed by atoms with Gasteiger partial charge in [0, 0.05) is 11.8 Å². The van der Waals surface area contributed by atoms with Gasteiger partial charge in [-0.2, -0.15) is 13.2 Å². The summed E-state index contributed by atoms with van der Waals surface area (Å²) >= 11 is 5.68. The highest BCUT2D eigenvalue weighted by Gasteiger charge is 2.43. The van der Waals surface area contributed by atoms with E-state index in [1.165, 1.54) is 44.2 Å². The lowest BCUT2D eigenvalue weighted by Crippen LogP contribution is -2.29. The summed E-state index contributed by atoms with van der Waals surface area (Å²) in [5.41, 5.74) is -2.00. The fourth-order valence-electron chi connectivity index (χ4n) is 2.97. The maximum Gasteiger partial charge on any atom is 0.417 e. The van der Waals surface area contributed by atoms with Crippen LogP contribution in [0.3, 0.4) is 0 Å². The molecule has 0 radical (unpaired) electrons. The standard InChI is InChI=1S/C20H16ClF3O4S/c1-19(2)18(25)16(12-6-9-15(21)14(10-12)20(22,23)24)17(28-19)11-4-7-13(8-5-11)29(3,26)27/h4-10H,1-3H3. The Morgan fingerprint density at radius 2 is 1.55 bits per heavy atom. The van der Waals surface area contributed by atoms with E-state index >= 15 is 0 Å². The largest absolute Gasteiger partial charge is 0.478 e. The summed E-state index contributed by atoms with van der Waals surface area (Å²) in [6, 6.07) is 8.79. The van der Waals surface area contributed by atoms with Crippen LogP contribution in [0.4, 0.5) is 13.2 Å². The van der Waals surface area contributed by atoms with Gasteiger partial charge in [0.15, 0.2) is 15.4 Å². The van der Waals surface area contributed by atoms with Crippen molar-refractivity contribution in [2.45, 2.75) is 30.5 Å². The SMILES string of the molecule is CC1(C)OC(c2ccc(S(C)(=O)=O)cc2)=C(c2ccc(Cl)c(C(F)(F)F)c2)C1=O. The number of rotatable bonds is 3. The Morgan fingerprint density at radius 3 is 2.07 bits per heavy atom. The molecule has 0 amide bonds. The second-order valence-electron chi connectivity index (χ2n) is 7.13. The number of hydrogen-bond acceptors (Lipinski definition) is 4. The quantitative estimate of drug-likeness (QED) is 0.667. The Bertz CT molecular complexity index is 1130. The maximum absolute atomic E-state index is 13.3. The van der Waals surface area contributed by atoms with E-state index in [-0.39, 0.29) is 21.8 Å². The molecule has 1 aliphatic rings. The first-order valence-electron chi connectivity index (χ1n) is 8.37. The van der Waals surface area contributed by atoms with Crippen molar-refractivity contribution >= 4 is 38.6 Å². The molecule has 4 nitrogen and oxygen atoms in total. The number of halogens is 4. The summed E-state index contributed by atoms with van der Waals surface area (Å²) < 4.78 is 68.9. The maximum atomic E-state index is 13.3. The number of ether oxygens (including phenoxy) is 1. The summed E-state index contributed by atoms with van der Waals surface area (Å²) in [5.74, 6) is -0.411. The second-order valence-corrected chi connectivity index (χ2v) is 9.56. The van der Waals surface area contributed by atoms with Crippen LogP contribution in [0.25, 0.3) is 11.3 Å². The van der Waals surface area contributed by atoms with Gasteiger partial charge in [-0.3, -0.25) is 4.79 Å². The molecule has 0 aliphatic carbocycles. The first-order chi connectivity index (χ1) is 13.2. The minimum absolute atomic E-state index is 0.0134. The number of carbonyl (C=O) groups is 1. The number of carbonyl (C=O) groups excluding carboxylic acids is 1. The van der Waals surface area contributed by atoms with Crippen LogP contribution in [0.2, 0.25) is 5.02 Å². The van der Waals surface area contributed by atoms with E-state index in [0.29, 0.717) is 5.56 Å². The van der Waals surface area contributed by atoms with Gasteiger partial charge in [-0.1, -0.05) is 17.7 Å². The molecule has 2 aromatic carbocycles. The van der Waals surface area contributed by atoms with Crippen molar-refractivity contribution in [1.82, 2.24) is 0 Å². The highest BCUT2D eigenvalue weighted by Crippen LogP contribution is 2.43. The molecule has 0 bridgehead atoms. The van der Waals surface area contributed by atoms with E-state index in [2.05, 4.69) is 0 Å². The summed E-state index contributed by atoms with van der Waals surface area (Å²) in [5, 5.41) is -0.480. The minimum atomic E-state index is -4.69. The molecule has 29 heavy (non-hydrogen) atoms. The lowest BCUT2D eigenvalue weighted by molar-refractivity contribution is -0.137. The van der Waals surface area contributed by atoms with Crippen molar-refractivity contribution in [2.24, 2.45) is 0 Å². The summed E-state index contributed by atoms with van der Waals surface area (Å²) in [7, 11) is -3.43. The van der Waals surface area contributed by atoms with Crippen LogP contribution in [0, 0.1) is 0 Å². The molecular formula is C20H16ClF3O4S. The molecular weight excluding hydrogens is 429 g/mol. The molecule has 0 fully saturated rings. The average Bonchev–Trinajstić information content (AvgIpc) is 2.84. The normalized spacial score (nSPS) is 16.9. The van der Waals surface area contributed by atoms with E-state index in [1.54, 1.807) is 0 Å². The number of alkyl halides is 3. The monoisotopic (exact) mass is 444 g/mol. The Balaban J connectivity index is 2.21. The summed E-state index contributed by atoms with van der Waals surface area (Å²) in [4.78, 5) is 13.0. The summed E-state index contributed by atoms with van der Waals surface area (Å²) in [6.45, 7) is 3.02. The molecule has 2 aromatic rings. The molecule has 0 aromatic heterocycles. The van der Waals surface area contributed by atoms with Gasteiger partial charge in [0.2, 0.25) is 5.78 Å². The number of benzene rings is 2. The summed E-state index contributed by atoms with van der Waals surface area (Å²) in [6.07, 6.45) is -3.64. The third-order valence-electron chi connectivity index (χ3n) is 4.46. The molecule has 0 saturated heterocycles. The van der Waals surface area contributed by atoms with Gasteiger partial charge in [-0.25, -0.2) is 8.42 Å². The van der Waals surface area contributed by atoms with Crippen LogP contribution in [0.5, 0.6) is 0 Å². The Kier molecular flexibility index (Phi) is 5.07. The molecule has 154 valence electrons. The number of hydrogen-bond donors (Lipinski definition) is 0. The van der Waals surface area contributed by atoms with Crippen LogP contribution in [0.1, 0.15) is 30.5 Å². The molecule has 0 unspecified atom stereocenters. The van der Waals surface area contributed by atoms with Gasteiger partial charge in [0.05, 0.1) is 21.1 Å². The third kappa shape index (κ3) is 4.04. The fourth-order valence-corrected chi connectivity index (χ4v) is 3.83. The highest BCUT2D eigenvalue weighted by atomic mass is 35.5. The van der Waals surface area contributed by atoms with Gasteiger partial charge < -0.3 is 4.74 Å². The molecule has 0 spiro atoms. The molecule has 1 heterocycles. The Morgan fingerprint density at radius 1 is 1.00 bits per heavy atom. The number of ketones is 1. The first kappa shape index (κ1) is 21.4. The van der Waals surface area contributed by atoms with E-state index in [0.717, 1.165) is 18.4 Å². The smallest absolute Gasteiger partial charge is 0.417 e. The van der Waals surface area contributed by atoms with Crippen LogP contribution in [-0.2, 0) is 25.5 Å². The Labute approximate surface area is 170 Å². The Hall–Kier alpha value is -2.32. The van der Waals surface area contributed by atoms with Gasteiger partial charge in [-0.15, -0.1) is 0 Å². The molecule has 0 atom stereocenters. The van der Waals surface area contributed by atoms with Gasteiger partial charge in [0.25, 0.3) is 0 Å². The van der Waals surface area contributed by atoms with E-state index < -0.39 is 38.0 Å². The van der Waals surface area contributed by atoms with Crippen molar-refractivity contribution in [1.29, 1.82) is 0 Å². The second kappa shape index (κ2) is 6.88. The molecule has 9 heteroatoms. The number of sulfone groups is 1. The predicted molar refractivity (Wildman–Crippen MR) is 103 cm³/mol. The van der Waals surface area contributed by atoms with Gasteiger partial charge in [0.1, 0.15) is 5.76 Å². The zero-order valence-electron chi connectivity index (χ0n) is 15.6. The van der Waals surface area contributed by atoms with Crippen molar-refractivity contribution < 1.29 is 31.1 Å². The van der Waals surface area contributed by atoms with Crippen LogP contribution in [0.15, 0.2) is 47.4 Å².